The van der Waals surface area contributed by atoms with E-state index in [1.54, 1.807) is 18.2 Å². The number of hydrogen-bond donors (Lipinski definition) is 2. The fraction of sp³-hybridized carbons (Fsp3) is 0.462. The lowest BCUT2D eigenvalue weighted by Gasteiger charge is -2.28. The van der Waals surface area contributed by atoms with Crippen molar-refractivity contribution < 1.29 is 9.90 Å². The maximum absolute atomic E-state index is 12.1. The Balaban J connectivity index is 2.06. The maximum atomic E-state index is 12.1. The number of halogens is 2. The molecule has 0 saturated heterocycles. The van der Waals surface area contributed by atoms with E-state index in [2.05, 4.69) is 21.2 Å². The number of aliphatic hydroxyl groups is 1. The van der Waals surface area contributed by atoms with Gasteiger partial charge in [0.2, 0.25) is 0 Å². The van der Waals surface area contributed by atoms with Gasteiger partial charge in [-0.3, -0.25) is 4.79 Å². The third-order valence-corrected chi connectivity index (χ3v) is 3.85. The van der Waals surface area contributed by atoms with Gasteiger partial charge >= 0.3 is 0 Å². The van der Waals surface area contributed by atoms with Gasteiger partial charge in [0.05, 0.1) is 12.1 Å². The van der Waals surface area contributed by atoms with Crippen molar-refractivity contribution in [1.82, 2.24) is 5.32 Å². The fourth-order valence-electron chi connectivity index (χ4n) is 2.22. The summed E-state index contributed by atoms with van der Waals surface area (Å²) in [6.45, 7) is 0. The van der Waals surface area contributed by atoms with E-state index in [0.29, 0.717) is 10.6 Å². The molecule has 0 heterocycles. The summed E-state index contributed by atoms with van der Waals surface area (Å²) in [6.07, 6.45) is 3.21. The molecular formula is C13H15BrClNO2. The van der Waals surface area contributed by atoms with E-state index < -0.39 is 6.10 Å². The summed E-state index contributed by atoms with van der Waals surface area (Å²) in [6, 6.07) is 4.92. The van der Waals surface area contributed by atoms with Crippen LogP contribution < -0.4 is 5.32 Å². The second-order valence-corrected chi connectivity index (χ2v) is 5.94. The summed E-state index contributed by atoms with van der Waals surface area (Å²) < 4.78 is 0.768. The highest BCUT2D eigenvalue weighted by Crippen LogP contribution is 2.21. The van der Waals surface area contributed by atoms with Crippen molar-refractivity contribution in [3.8, 4) is 0 Å². The van der Waals surface area contributed by atoms with Crippen LogP contribution in [0.5, 0.6) is 0 Å². The predicted octanol–water partition coefficient (Wildman–Crippen LogP) is 3.14. The Morgan fingerprint density at radius 1 is 1.33 bits per heavy atom. The smallest absolute Gasteiger partial charge is 0.251 e. The summed E-state index contributed by atoms with van der Waals surface area (Å²) in [4.78, 5) is 12.1. The molecule has 1 aliphatic rings. The zero-order valence-corrected chi connectivity index (χ0v) is 12.2. The zero-order chi connectivity index (χ0) is 13.1. The van der Waals surface area contributed by atoms with E-state index >= 15 is 0 Å². The van der Waals surface area contributed by atoms with Crippen molar-refractivity contribution in [2.75, 3.05) is 0 Å². The molecule has 2 N–H and O–H groups in total. The Kier molecular flexibility index (Phi) is 4.65. The Labute approximate surface area is 120 Å². The lowest BCUT2D eigenvalue weighted by atomic mass is 9.92. The van der Waals surface area contributed by atoms with E-state index in [4.69, 9.17) is 11.6 Å². The highest BCUT2D eigenvalue weighted by atomic mass is 79.9. The molecule has 0 radical (unpaired) electrons. The average Bonchev–Trinajstić information content (AvgIpc) is 2.31. The minimum absolute atomic E-state index is 0.149. The zero-order valence-electron chi connectivity index (χ0n) is 9.83. The van der Waals surface area contributed by atoms with Gasteiger partial charge in [-0.05, 0) is 31.0 Å². The quantitative estimate of drug-likeness (QED) is 0.874. The molecule has 1 aromatic rings. The lowest BCUT2D eigenvalue weighted by molar-refractivity contribution is 0.0717. The molecule has 5 heteroatoms. The number of benzene rings is 1. The van der Waals surface area contributed by atoms with Gasteiger partial charge in [0.15, 0.2) is 0 Å². The summed E-state index contributed by atoms with van der Waals surface area (Å²) >= 11 is 9.21. The van der Waals surface area contributed by atoms with Crippen LogP contribution in [0.3, 0.4) is 0 Å². The average molecular weight is 333 g/mol. The van der Waals surface area contributed by atoms with E-state index in [9.17, 15) is 9.90 Å². The largest absolute Gasteiger partial charge is 0.391 e. The summed E-state index contributed by atoms with van der Waals surface area (Å²) in [7, 11) is 0. The Morgan fingerprint density at radius 3 is 2.72 bits per heavy atom. The minimum Gasteiger partial charge on any atom is -0.391 e. The van der Waals surface area contributed by atoms with Crippen LogP contribution in [0.15, 0.2) is 22.7 Å². The van der Waals surface area contributed by atoms with Crippen LogP contribution in [0.1, 0.15) is 36.0 Å². The SMILES string of the molecule is O=C(N[C@@H]1CCCC[C@H]1O)c1cc(Cl)cc(Br)c1. The van der Waals surface area contributed by atoms with Crippen molar-refractivity contribution >= 4 is 33.4 Å². The summed E-state index contributed by atoms with van der Waals surface area (Å²) in [5.74, 6) is -0.191. The molecule has 98 valence electrons. The normalized spacial score (nSPS) is 23.7. The first kappa shape index (κ1) is 13.8. The number of carbonyl (C=O) groups is 1. The van der Waals surface area contributed by atoms with Gasteiger partial charge in [-0.1, -0.05) is 40.4 Å². The molecule has 1 saturated carbocycles. The highest BCUT2D eigenvalue weighted by Gasteiger charge is 2.24. The predicted molar refractivity (Wildman–Crippen MR) is 74.9 cm³/mol. The summed E-state index contributed by atoms with van der Waals surface area (Å²) in [5, 5.41) is 13.2. The first-order valence-electron chi connectivity index (χ1n) is 6.01. The van der Waals surface area contributed by atoms with Crippen LogP contribution in [0.25, 0.3) is 0 Å². The second-order valence-electron chi connectivity index (χ2n) is 4.59. The van der Waals surface area contributed by atoms with Gasteiger partial charge in [-0.15, -0.1) is 0 Å². The number of nitrogens with one attached hydrogen (secondary N) is 1. The Morgan fingerprint density at radius 2 is 2.06 bits per heavy atom. The molecule has 0 aromatic heterocycles. The van der Waals surface area contributed by atoms with E-state index in [1.807, 2.05) is 0 Å². The van der Waals surface area contributed by atoms with Gasteiger partial charge in [0.1, 0.15) is 0 Å². The number of aliphatic hydroxyl groups excluding tert-OH is 1. The highest BCUT2D eigenvalue weighted by molar-refractivity contribution is 9.10. The number of carbonyl (C=O) groups excluding carboxylic acids is 1. The molecular weight excluding hydrogens is 318 g/mol. The molecule has 1 fully saturated rings. The maximum Gasteiger partial charge on any atom is 0.251 e. The van der Waals surface area contributed by atoms with E-state index in [0.717, 1.165) is 30.2 Å². The van der Waals surface area contributed by atoms with E-state index in [-0.39, 0.29) is 11.9 Å². The number of hydrogen-bond acceptors (Lipinski definition) is 2. The van der Waals surface area contributed by atoms with Crippen molar-refractivity contribution in [2.24, 2.45) is 0 Å². The first-order valence-corrected chi connectivity index (χ1v) is 7.18. The Hall–Kier alpha value is -0.580. The number of amides is 1. The number of rotatable bonds is 2. The molecule has 2 atom stereocenters. The first-order chi connectivity index (χ1) is 8.56. The standard InChI is InChI=1S/C13H15BrClNO2/c14-9-5-8(6-10(15)7-9)13(18)16-11-3-1-2-4-12(11)17/h5-7,11-12,17H,1-4H2,(H,16,18)/t11-,12-/m1/s1. The summed E-state index contributed by atoms with van der Waals surface area (Å²) in [5.41, 5.74) is 0.507. The van der Waals surface area contributed by atoms with Crippen LogP contribution in [0, 0.1) is 0 Å². The molecule has 0 bridgehead atoms. The molecule has 0 unspecified atom stereocenters. The van der Waals surface area contributed by atoms with Crippen LogP contribution in [-0.4, -0.2) is 23.2 Å². The fourth-order valence-corrected chi connectivity index (χ4v) is 3.08. The molecule has 0 spiro atoms. The van der Waals surface area contributed by atoms with Crippen molar-refractivity contribution in [3.05, 3.63) is 33.3 Å². The lowest BCUT2D eigenvalue weighted by Crippen LogP contribution is -2.45. The molecule has 1 amide bonds. The second kappa shape index (κ2) is 6.04. The topological polar surface area (TPSA) is 49.3 Å². The van der Waals surface area contributed by atoms with Crippen molar-refractivity contribution in [3.63, 3.8) is 0 Å². The third-order valence-electron chi connectivity index (χ3n) is 3.17. The van der Waals surface area contributed by atoms with Gasteiger partial charge in [0, 0.05) is 15.1 Å². The van der Waals surface area contributed by atoms with Gasteiger partial charge < -0.3 is 10.4 Å². The van der Waals surface area contributed by atoms with Gasteiger partial charge in [0.25, 0.3) is 5.91 Å². The molecule has 2 rings (SSSR count). The third kappa shape index (κ3) is 3.46. The molecule has 18 heavy (non-hydrogen) atoms. The van der Waals surface area contributed by atoms with Gasteiger partial charge in [-0.25, -0.2) is 0 Å². The van der Waals surface area contributed by atoms with Crippen molar-refractivity contribution in [1.29, 1.82) is 0 Å². The van der Waals surface area contributed by atoms with Gasteiger partial charge in [-0.2, -0.15) is 0 Å². The Bertz CT molecular complexity index is 432. The monoisotopic (exact) mass is 331 g/mol. The molecule has 3 nitrogen and oxygen atoms in total. The molecule has 0 aliphatic heterocycles. The molecule has 1 aromatic carbocycles. The van der Waals surface area contributed by atoms with Crippen LogP contribution in [0.2, 0.25) is 5.02 Å². The van der Waals surface area contributed by atoms with Crippen molar-refractivity contribution in [2.45, 2.75) is 37.8 Å². The van der Waals surface area contributed by atoms with Crippen LogP contribution in [-0.2, 0) is 0 Å². The van der Waals surface area contributed by atoms with Crippen LogP contribution in [0.4, 0.5) is 0 Å². The van der Waals surface area contributed by atoms with E-state index in [1.165, 1.54) is 0 Å². The van der Waals surface area contributed by atoms with Crippen LogP contribution >= 0.6 is 27.5 Å². The minimum atomic E-state index is -0.440. The molecule has 1 aliphatic carbocycles.